The summed E-state index contributed by atoms with van der Waals surface area (Å²) in [5, 5.41) is 9.68. The number of imidazole rings is 1. The Morgan fingerprint density at radius 3 is 2.71 bits per heavy atom. The van der Waals surface area contributed by atoms with E-state index in [1.807, 2.05) is 36.7 Å². The zero-order chi connectivity index (χ0) is 10.1. The highest BCUT2D eigenvalue weighted by Gasteiger charge is 2.05. The minimum absolute atomic E-state index is 0.275. The van der Waals surface area contributed by atoms with Gasteiger partial charge in [0.15, 0.2) is 0 Å². The van der Waals surface area contributed by atoms with Crippen LogP contribution >= 0.6 is 0 Å². The molecule has 1 aromatic heterocycles. The predicted molar refractivity (Wildman–Crippen MR) is 54.7 cm³/mol. The summed E-state index contributed by atoms with van der Waals surface area (Å²) in [5.74, 6) is 1.14. The summed E-state index contributed by atoms with van der Waals surface area (Å²) in [6, 6.07) is 5.51. The van der Waals surface area contributed by atoms with Crippen LogP contribution in [0.2, 0.25) is 0 Å². The standard InChI is InChI=1S/C11H12N2O/c1-8-3-4-11(14)10(7-8)13-6-5-12-9(13)2/h3-7,14H,1-2H3. The van der Waals surface area contributed by atoms with E-state index in [1.165, 1.54) is 0 Å². The average molecular weight is 188 g/mol. The average Bonchev–Trinajstić information content (AvgIpc) is 2.56. The van der Waals surface area contributed by atoms with Gasteiger partial charge in [-0.25, -0.2) is 4.98 Å². The first-order valence-electron chi connectivity index (χ1n) is 4.48. The molecule has 0 atom stereocenters. The summed E-state index contributed by atoms with van der Waals surface area (Å²) in [4.78, 5) is 4.12. The number of rotatable bonds is 1. The smallest absolute Gasteiger partial charge is 0.139 e. The van der Waals surface area contributed by atoms with Crippen molar-refractivity contribution >= 4 is 0 Å². The van der Waals surface area contributed by atoms with Gasteiger partial charge in [0.2, 0.25) is 0 Å². The SMILES string of the molecule is Cc1ccc(O)c(-n2ccnc2C)c1. The Hall–Kier alpha value is -1.77. The number of aryl methyl sites for hydroxylation is 2. The molecule has 0 bridgehead atoms. The third kappa shape index (κ3) is 1.37. The van der Waals surface area contributed by atoms with E-state index in [4.69, 9.17) is 0 Å². The van der Waals surface area contributed by atoms with Gasteiger partial charge >= 0.3 is 0 Å². The van der Waals surface area contributed by atoms with Crippen molar-refractivity contribution in [2.45, 2.75) is 13.8 Å². The molecule has 0 radical (unpaired) electrons. The van der Waals surface area contributed by atoms with Crippen molar-refractivity contribution in [1.29, 1.82) is 0 Å². The van der Waals surface area contributed by atoms with E-state index in [9.17, 15) is 5.11 Å². The number of phenols is 1. The first kappa shape index (κ1) is 8.81. The number of nitrogens with zero attached hydrogens (tertiary/aromatic N) is 2. The number of hydrogen-bond donors (Lipinski definition) is 1. The second-order valence-electron chi connectivity index (χ2n) is 3.34. The number of aromatic nitrogens is 2. The van der Waals surface area contributed by atoms with Crippen LogP contribution in [-0.4, -0.2) is 14.7 Å². The fraction of sp³-hybridized carbons (Fsp3) is 0.182. The molecule has 0 unspecified atom stereocenters. The molecule has 0 aliphatic carbocycles. The van der Waals surface area contributed by atoms with Crippen molar-refractivity contribution in [3.63, 3.8) is 0 Å². The van der Waals surface area contributed by atoms with Crippen LogP contribution in [0.1, 0.15) is 11.4 Å². The fourth-order valence-electron chi connectivity index (χ4n) is 1.46. The number of aromatic hydroxyl groups is 1. The van der Waals surface area contributed by atoms with Crippen LogP contribution in [0.3, 0.4) is 0 Å². The van der Waals surface area contributed by atoms with E-state index in [0.29, 0.717) is 0 Å². The van der Waals surface area contributed by atoms with Crippen molar-refractivity contribution in [1.82, 2.24) is 9.55 Å². The summed E-state index contributed by atoms with van der Waals surface area (Å²) in [5.41, 5.74) is 1.89. The van der Waals surface area contributed by atoms with Gasteiger partial charge in [-0.05, 0) is 31.5 Å². The molecule has 2 aromatic rings. The molecule has 1 heterocycles. The highest BCUT2D eigenvalue weighted by molar-refractivity contribution is 5.48. The molecular weight excluding hydrogens is 176 g/mol. The number of benzene rings is 1. The maximum absolute atomic E-state index is 9.68. The first-order chi connectivity index (χ1) is 6.68. The van der Waals surface area contributed by atoms with Crippen LogP contribution in [0.5, 0.6) is 5.75 Å². The summed E-state index contributed by atoms with van der Waals surface area (Å²) >= 11 is 0. The molecule has 0 amide bonds. The molecule has 3 nitrogen and oxygen atoms in total. The Bertz CT molecular complexity index is 460. The second kappa shape index (κ2) is 3.18. The van der Waals surface area contributed by atoms with Crippen LogP contribution in [0.4, 0.5) is 0 Å². The van der Waals surface area contributed by atoms with Gasteiger partial charge in [-0.1, -0.05) is 6.07 Å². The minimum atomic E-state index is 0.275. The summed E-state index contributed by atoms with van der Waals surface area (Å²) in [6.07, 6.45) is 3.56. The third-order valence-electron chi connectivity index (χ3n) is 2.22. The van der Waals surface area contributed by atoms with Crippen LogP contribution < -0.4 is 0 Å². The van der Waals surface area contributed by atoms with Crippen LogP contribution in [0.25, 0.3) is 5.69 Å². The molecule has 2 rings (SSSR count). The quantitative estimate of drug-likeness (QED) is 0.745. The monoisotopic (exact) mass is 188 g/mol. The fourth-order valence-corrected chi connectivity index (χ4v) is 1.46. The van der Waals surface area contributed by atoms with Gasteiger partial charge < -0.3 is 9.67 Å². The van der Waals surface area contributed by atoms with Crippen LogP contribution in [-0.2, 0) is 0 Å². The van der Waals surface area contributed by atoms with E-state index in [1.54, 1.807) is 12.3 Å². The van der Waals surface area contributed by atoms with E-state index < -0.39 is 0 Å². The number of phenolic OH excluding ortho intramolecular Hbond substituents is 1. The van der Waals surface area contributed by atoms with Crippen LogP contribution in [0.15, 0.2) is 30.6 Å². The van der Waals surface area contributed by atoms with Gasteiger partial charge in [-0.2, -0.15) is 0 Å². The summed E-state index contributed by atoms with van der Waals surface area (Å²) in [7, 11) is 0. The lowest BCUT2D eigenvalue weighted by molar-refractivity contribution is 0.471. The van der Waals surface area contributed by atoms with E-state index in [-0.39, 0.29) is 5.75 Å². The molecule has 0 spiro atoms. The highest BCUT2D eigenvalue weighted by atomic mass is 16.3. The Morgan fingerprint density at radius 1 is 1.29 bits per heavy atom. The molecule has 14 heavy (non-hydrogen) atoms. The normalized spacial score (nSPS) is 10.4. The lowest BCUT2D eigenvalue weighted by Crippen LogP contribution is -1.96. The van der Waals surface area contributed by atoms with E-state index in [0.717, 1.165) is 17.1 Å². The van der Waals surface area contributed by atoms with Crippen molar-refractivity contribution in [3.05, 3.63) is 42.0 Å². The Morgan fingerprint density at radius 2 is 2.07 bits per heavy atom. The molecular formula is C11H12N2O. The zero-order valence-electron chi connectivity index (χ0n) is 8.23. The molecule has 0 aliphatic heterocycles. The molecule has 0 saturated heterocycles. The Kier molecular flexibility index (Phi) is 2.00. The molecule has 3 heteroatoms. The van der Waals surface area contributed by atoms with Gasteiger partial charge in [0, 0.05) is 12.4 Å². The molecule has 0 saturated carbocycles. The van der Waals surface area contributed by atoms with Crippen molar-refractivity contribution < 1.29 is 5.11 Å². The lowest BCUT2D eigenvalue weighted by atomic mass is 10.2. The Balaban J connectivity index is 2.62. The van der Waals surface area contributed by atoms with Gasteiger partial charge in [-0.15, -0.1) is 0 Å². The molecule has 1 aromatic carbocycles. The zero-order valence-corrected chi connectivity index (χ0v) is 8.23. The largest absolute Gasteiger partial charge is 0.506 e. The minimum Gasteiger partial charge on any atom is -0.506 e. The van der Waals surface area contributed by atoms with Gasteiger partial charge in [0.05, 0.1) is 5.69 Å². The van der Waals surface area contributed by atoms with Crippen molar-refractivity contribution in [2.75, 3.05) is 0 Å². The molecule has 72 valence electrons. The Labute approximate surface area is 82.7 Å². The predicted octanol–water partition coefficient (Wildman–Crippen LogP) is 2.19. The van der Waals surface area contributed by atoms with Crippen LogP contribution in [0, 0.1) is 13.8 Å². The molecule has 0 fully saturated rings. The second-order valence-corrected chi connectivity index (χ2v) is 3.34. The van der Waals surface area contributed by atoms with Gasteiger partial charge in [0.25, 0.3) is 0 Å². The summed E-state index contributed by atoms with van der Waals surface area (Å²) in [6.45, 7) is 3.90. The summed E-state index contributed by atoms with van der Waals surface area (Å²) < 4.78 is 1.86. The topological polar surface area (TPSA) is 38.0 Å². The van der Waals surface area contributed by atoms with E-state index in [2.05, 4.69) is 4.98 Å². The van der Waals surface area contributed by atoms with Gasteiger partial charge in [-0.3, -0.25) is 0 Å². The maximum Gasteiger partial charge on any atom is 0.139 e. The highest BCUT2D eigenvalue weighted by Crippen LogP contribution is 2.23. The first-order valence-corrected chi connectivity index (χ1v) is 4.48. The van der Waals surface area contributed by atoms with Crippen molar-refractivity contribution in [2.24, 2.45) is 0 Å². The molecule has 0 aliphatic rings. The van der Waals surface area contributed by atoms with Crippen molar-refractivity contribution in [3.8, 4) is 11.4 Å². The van der Waals surface area contributed by atoms with Gasteiger partial charge in [0.1, 0.15) is 11.6 Å². The maximum atomic E-state index is 9.68. The number of hydrogen-bond acceptors (Lipinski definition) is 2. The molecule has 1 N–H and O–H groups in total. The van der Waals surface area contributed by atoms with E-state index >= 15 is 0 Å². The lowest BCUT2D eigenvalue weighted by Gasteiger charge is -2.08. The third-order valence-corrected chi connectivity index (χ3v) is 2.22.